The van der Waals surface area contributed by atoms with Gasteiger partial charge in [-0.05, 0) is 43.2 Å². The maximum Gasteiger partial charge on any atom is 0.257 e. The van der Waals surface area contributed by atoms with E-state index in [1.165, 1.54) is 12.5 Å². The minimum atomic E-state index is -0.254. The Morgan fingerprint density at radius 3 is 2.62 bits per heavy atom. The van der Waals surface area contributed by atoms with E-state index in [0.29, 0.717) is 23.0 Å². The topological polar surface area (TPSA) is 89.4 Å². The highest BCUT2D eigenvalue weighted by Gasteiger charge is 2.12. The Kier molecular flexibility index (Phi) is 6.09. The Morgan fingerprint density at radius 2 is 1.97 bits per heavy atom. The minimum Gasteiger partial charge on any atom is -0.447 e. The van der Waals surface area contributed by atoms with Crippen LogP contribution in [-0.4, -0.2) is 33.8 Å². The molecule has 7 heteroatoms. The third-order valence-corrected chi connectivity index (χ3v) is 4.32. The fourth-order valence-corrected chi connectivity index (χ4v) is 2.80. The van der Waals surface area contributed by atoms with Crippen LogP contribution < -0.4 is 5.32 Å². The van der Waals surface area contributed by atoms with Gasteiger partial charge in [0.05, 0.1) is 24.3 Å². The smallest absolute Gasteiger partial charge is 0.257 e. The lowest BCUT2D eigenvalue weighted by molar-refractivity contribution is 0.102. The predicted molar refractivity (Wildman–Crippen MR) is 113 cm³/mol. The van der Waals surface area contributed by atoms with E-state index in [4.69, 9.17) is 4.74 Å². The highest BCUT2D eigenvalue weighted by Crippen LogP contribution is 2.23. The minimum absolute atomic E-state index is 0.254. The number of rotatable bonds is 5. The molecule has 146 valence electrons. The van der Waals surface area contributed by atoms with Crippen LogP contribution in [0.5, 0.6) is 0 Å². The number of ether oxygens (including phenoxy) is 1. The van der Waals surface area contributed by atoms with Gasteiger partial charge in [0.25, 0.3) is 5.91 Å². The molecule has 0 aliphatic rings. The molecule has 29 heavy (non-hydrogen) atoms. The van der Waals surface area contributed by atoms with Gasteiger partial charge in [0.2, 0.25) is 5.90 Å². The van der Waals surface area contributed by atoms with Gasteiger partial charge in [-0.2, -0.15) is 0 Å². The third kappa shape index (κ3) is 4.52. The number of amides is 1. The largest absolute Gasteiger partial charge is 0.447 e. The Balaban J connectivity index is 1.84. The molecule has 0 saturated carbocycles. The highest BCUT2D eigenvalue weighted by atomic mass is 16.5. The molecule has 2 heterocycles. The van der Waals surface area contributed by atoms with Gasteiger partial charge in [0.1, 0.15) is 0 Å². The van der Waals surface area contributed by atoms with Crippen molar-refractivity contribution in [2.24, 2.45) is 4.99 Å². The summed E-state index contributed by atoms with van der Waals surface area (Å²) in [7, 11) is 1.65. The van der Waals surface area contributed by atoms with Gasteiger partial charge in [0.15, 0.2) is 5.82 Å². The van der Waals surface area contributed by atoms with Crippen LogP contribution in [0.25, 0.3) is 11.3 Å². The van der Waals surface area contributed by atoms with E-state index in [1.807, 2.05) is 32.0 Å². The number of carbonyl (C=O) groups is 1. The van der Waals surface area contributed by atoms with E-state index in [0.717, 1.165) is 22.3 Å². The summed E-state index contributed by atoms with van der Waals surface area (Å²) in [6.45, 7) is 7.38. The van der Waals surface area contributed by atoms with Crippen molar-refractivity contribution in [2.75, 3.05) is 12.4 Å². The molecule has 1 N–H and O–H groups in total. The first kappa shape index (κ1) is 19.9. The number of benzene rings is 1. The van der Waals surface area contributed by atoms with Crippen LogP contribution in [0.3, 0.4) is 0 Å². The number of anilines is 1. The SMILES string of the molecule is C=CO/C(=N\C)c1ccc(C)c(-c2cnc(NC(=O)c3ccncc3C)cn2)c1. The monoisotopic (exact) mass is 387 g/mol. The van der Waals surface area contributed by atoms with Gasteiger partial charge in [-0.3, -0.25) is 19.8 Å². The Bertz CT molecular complexity index is 1070. The van der Waals surface area contributed by atoms with Crippen LogP contribution in [0.2, 0.25) is 0 Å². The number of nitrogens with zero attached hydrogens (tertiary/aromatic N) is 4. The van der Waals surface area contributed by atoms with E-state index in [9.17, 15) is 4.79 Å². The molecule has 0 unspecified atom stereocenters. The van der Waals surface area contributed by atoms with Gasteiger partial charge in [-0.1, -0.05) is 12.6 Å². The zero-order valence-corrected chi connectivity index (χ0v) is 16.5. The summed E-state index contributed by atoms with van der Waals surface area (Å²) < 4.78 is 5.35. The van der Waals surface area contributed by atoms with Crippen molar-refractivity contribution >= 4 is 17.6 Å². The summed E-state index contributed by atoms with van der Waals surface area (Å²) in [6, 6.07) is 7.49. The third-order valence-electron chi connectivity index (χ3n) is 4.32. The molecule has 0 aliphatic heterocycles. The van der Waals surface area contributed by atoms with Crippen LogP contribution in [-0.2, 0) is 4.74 Å². The molecule has 0 atom stereocenters. The van der Waals surface area contributed by atoms with Crippen molar-refractivity contribution < 1.29 is 9.53 Å². The molecule has 0 radical (unpaired) electrons. The highest BCUT2D eigenvalue weighted by molar-refractivity contribution is 6.04. The first-order valence-corrected chi connectivity index (χ1v) is 8.93. The normalized spacial score (nSPS) is 11.1. The average molecular weight is 387 g/mol. The molecule has 0 spiro atoms. The first-order valence-electron chi connectivity index (χ1n) is 8.93. The number of hydrogen-bond acceptors (Lipinski definition) is 6. The molecule has 0 saturated heterocycles. The number of pyridine rings is 1. The quantitative estimate of drug-likeness (QED) is 0.407. The zero-order valence-electron chi connectivity index (χ0n) is 16.5. The van der Waals surface area contributed by atoms with Crippen molar-refractivity contribution in [3.05, 3.63) is 84.1 Å². The summed E-state index contributed by atoms with van der Waals surface area (Å²) in [6.07, 6.45) is 7.71. The van der Waals surface area contributed by atoms with Gasteiger partial charge in [0, 0.05) is 36.1 Å². The average Bonchev–Trinajstić information content (AvgIpc) is 2.73. The van der Waals surface area contributed by atoms with Crippen molar-refractivity contribution in [3.63, 3.8) is 0 Å². The van der Waals surface area contributed by atoms with Crippen molar-refractivity contribution in [3.8, 4) is 11.3 Å². The molecule has 0 fully saturated rings. The molecule has 3 aromatic rings. The second kappa shape index (κ2) is 8.88. The van der Waals surface area contributed by atoms with E-state index in [1.54, 1.807) is 31.7 Å². The van der Waals surface area contributed by atoms with Gasteiger partial charge < -0.3 is 10.1 Å². The first-order chi connectivity index (χ1) is 14.0. The molecule has 3 rings (SSSR count). The molecule has 0 aliphatic carbocycles. The predicted octanol–water partition coefficient (Wildman–Crippen LogP) is 3.94. The number of aliphatic imine (C=N–C) groups is 1. The van der Waals surface area contributed by atoms with E-state index in [-0.39, 0.29) is 5.91 Å². The molecule has 7 nitrogen and oxygen atoms in total. The second-order valence-electron chi connectivity index (χ2n) is 6.27. The van der Waals surface area contributed by atoms with E-state index >= 15 is 0 Å². The van der Waals surface area contributed by atoms with Crippen molar-refractivity contribution in [1.29, 1.82) is 0 Å². The standard InChI is InChI=1S/C22H21N5O2/c1-5-29-22(23-4)16-7-6-14(2)18(10-16)19-12-26-20(13-25-19)27-21(28)17-8-9-24-11-15(17)3/h5-13H,1H2,2-4H3,(H,26,27,28)/b23-22-. The van der Waals surface area contributed by atoms with Crippen LogP contribution in [0.1, 0.15) is 27.0 Å². The molecule has 0 bridgehead atoms. The Morgan fingerprint density at radius 1 is 1.14 bits per heavy atom. The maximum absolute atomic E-state index is 12.4. The summed E-state index contributed by atoms with van der Waals surface area (Å²) >= 11 is 0. The zero-order chi connectivity index (χ0) is 20.8. The lowest BCUT2D eigenvalue weighted by Crippen LogP contribution is -2.14. The number of nitrogens with one attached hydrogen (secondary N) is 1. The van der Waals surface area contributed by atoms with Crippen LogP contribution in [0.15, 0.2) is 66.9 Å². The molecular weight excluding hydrogens is 366 g/mol. The van der Waals surface area contributed by atoms with Crippen molar-refractivity contribution in [1.82, 2.24) is 15.0 Å². The number of aromatic nitrogens is 3. The van der Waals surface area contributed by atoms with Gasteiger partial charge in [-0.25, -0.2) is 4.98 Å². The summed E-state index contributed by atoms with van der Waals surface area (Å²) in [4.78, 5) is 29.3. The van der Waals surface area contributed by atoms with Crippen LogP contribution in [0, 0.1) is 13.8 Å². The maximum atomic E-state index is 12.4. The van der Waals surface area contributed by atoms with Crippen LogP contribution >= 0.6 is 0 Å². The molecular formula is C22H21N5O2. The summed E-state index contributed by atoms with van der Waals surface area (Å²) in [5.41, 5.74) is 4.74. The molecule has 2 aromatic heterocycles. The van der Waals surface area contributed by atoms with Gasteiger partial charge >= 0.3 is 0 Å². The van der Waals surface area contributed by atoms with E-state index < -0.39 is 0 Å². The number of hydrogen-bond donors (Lipinski definition) is 1. The summed E-state index contributed by atoms with van der Waals surface area (Å²) in [5, 5.41) is 2.76. The second-order valence-corrected chi connectivity index (χ2v) is 6.27. The molecule has 1 aromatic carbocycles. The summed E-state index contributed by atoms with van der Waals surface area (Å²) in [5.74, 6) is 0.580. The van der Waals surface area contributed by atoms with Gasteiger partial charge in [-0.15, -0.1) is 0 Å². The van der Waals surface area contributed by atoms with Crippen LogP contribution in [0.4, 0.5) is 5.82 Å². The Hall–Kier alpha value is -3.87. The fraction of sp³-hybridized carbons (Fsp3) is 0.136. The number of carbonyl (C=O) groups excluding carboxylic acids is 1. The Labute approximate surface area is 169 Å². The lowest BCUT2D eigenvalue weighted by atomic mass is 10.0. The van der Waals surface area contributed by atoms with Crippen molar-refractivity contribution in [2.45, 2.75) is 13.8 Å². The lowest BCUT2D eigenvalue weighted by Gasteiger charge is -2.10. The molecule has 1 amide bonds. The fourth-order valence-electron chi connectivity index (χ4n) is 2.80. The number of aryl methyl sites for hydroxylation is 2. The van der Waals surface area contributed by atoms with E-state index in [2.05, 4.69) is 31.8 Å².